The first-order valence-corrected chi connectivity index (χ1v) is 9.66. The summed E-state index contributed by atoms with van der Waals surface area (Å²) < 4.78 is 0. The van der Waals surface area contributed by atoms with Gasteiger partial charge >= 0.3 is 0 Å². The van der Waals surface area contributed by atoms with Crippen molar-refractivity contribution < 1.29 is 0 Å². The smallest absolute Gasteiger partial charge is 0.225 e. The Morgan fingerprint density at radius 2 is 1.83 bits per heavy atom. The molecule has 1 aromatic carbocycles. The lowest BCUT2D eigenvalue weighted by atomic mass is 9.98. The number of fused-ring (bicyclic) bond motifs is 1. The van der Waals surface area contributed by atoms with E-state index in [0.717, 1.165) is 29.1 Å². The third-order valence-electron chi connectivity index (χ3n) is 4.71. The molecule has 1 aliphatic heterocycles. The summed E-state index contributed by atoms with van der Waals surface area (Å²) >= 11 is 7.86. The van der Waals surface area contributed by atoms with E-state index in [9.17, 15) is 0 Å². The highest BCUT2D eigenvalue weighted by atomic mass is 35.5. The lowest BCUT2D eigenvalue weighted by Gasteiger charge is -2.28. The second-order valence-corrected chi connectivity index (χ2v) is 7.71. The monoisotopic (exact) mass is 357 g/mol. The number of rotatable bonds is 2. The van der Waals surface area contributed by atoms with Gasteiger partial charge in [-0.2, -0.15) is 4.98 Å². The largest absolute Gasteiger partial charge is 0.356 e. The minimum Gasteiger partial charge on any atom is -0.356 e. The Morgan fingerprint density at radius 3 is 2.58 bits per heavy atom. The van der Waals surface area contributed by atoms with Crippen molar-refractivity contribution in [3.8, 4) is 11.1 Å². The second-order valence-electron chi connectivity index (χ2n) is 6.51. The highest BCUT2D eigenvalue weighted by molar-refractivity contribution is 7.17. The molecule has 0 radical (unpaired) electrons. The minimum atomic E-state index is 0.345. The molecule has 0 N–H and O–H groups in total. The average Bonchev–Trinajstić information content (AvgIpc) is 2.98. The van der Waals surface area contributed by atoms with E-state index < -0.39 is 0 Å². The molecule has 0 unspecified atom stereocenters. The van der Waals surface area contributed by atoms with E-state index in [1.807, 2.05) is 0 Å². The Balaban J connectivity index is 1.93. The second kappa shape index (κ2) is 6.34. The van der Waals surface area contributed by atoms with E-state index in [4.69, 9.17) is 11.6 Å². The number of aromatic nitrogens is 2. The van der Waals surface area contributed by atoms with Gasteiger partial charge in [0.1, 0.15) is 10.6 Å². The molecule has 5 heteroatoms. The Hall–Kier alpha value is -1.65. The lowest BCUT2D eigenvalue weighted by molar-refractivity contribution is 0.574. The topological polar surface area (TPSA) is 29.0 Å². The van der Waals surface area contributed by atoms with Crippen LogP contribution in [-0.2, 0) is 0 Å². The van der Waals surface area contributed by atoms with Crippen molar-refractivity contribution in [1.29, 1.82) is 0 Å². The van der Waals surface area contributed by atoms with Gasteiger partial charge in [-0.3, -0.25) is 0 Å². The molecular weight excluding hydrogens is 338 g/mol. The molecular formula is C19H20ClN3S. The van der Waals surface area contributed by atoms with Crippen LogP contribution in [0.5, 0.6) is 0 Å². The molecule has 0 bridgehead atoms. The van der Waals surface area contributed by atoms with Crippen molar-refractivity contribution in [1.82, 2.24) is 9.97 Å². The first-order chi connectivity index (χ1) is 11.6. The molecule has 1 fully saturated rings. The third kappa shape index (κ3) is 2.78. The molecule has 2 aromatic heterocycles. The molecule has 24 heavy (non-hydrogen) atoms. The standard InChI is InChI=1S/C19H20ClN3S/c1-12-6-7-14(13(2)10-12)15-11-24-18-16(15)17(21-19(20)22-18)23-8-4-3-5-9-23/h6-7,10-11H,3-5,8-9H2,1-2H3. The molecule has 0 saturated carbocycles. The van der Waals surface area contributed by atoms with Crippen molar-refractivity contribution in [2.75, 3.05) is 18.0 Å². The van der Waals surface area contributed by atoms with Crippen LogP contribution >= 0.6 is 22.9 Å². The zero-order valence-corrected chi connectivity index (χ0v) is 15.5. The van der Waals surface area contributed by atoms with Crippen molar-refractivity contribution >= 4 is 39.0 Å². The lowest BCUT2D eigenvalue weighted by Crippen LogP contribution is -2.30. The van der Waals surface area contributed by atoms with Gasteiger partial charge in [0.05, 0.1) is 5.39 Å². The molecule has 3 aromatic rings. The van der Waals surface area contributed by atoms with Gasteiger partial charge in [-0.25, -0.2) is 4.98 Å². The highest BCUT2D eigenvalue weighted by Crippen LogP contribution is 2.40. The Bertz CT molecular complexity index is 897. The summed E-state index contributed by atoms with van der Waals surface area (Å²) in [6.07, 6.45) is 3.73. The number of nitrogens with zero attached hydrogens (tertiary/aromatic N) is 3. The normalized spacial score (nSPS) is 15.2. The number of hydrogen-bond donors (Lipinski definition) is 0. The van der Waals surface area contributed by atoms with Gasteiger partial charge < -0.3 is 4.90 Å². The van der Waals surface area contributed by atoms with Crippen LogP contribution in [0, 0.1) is 13.8 Å². The fourth-order valence-electron chi connectivity index (χ4n) is 3.55. The first kappa shape index (κ1) is 15.9. The number of halogens is 1. The van der Waals surface area contributed by atoms with Crippen LogP contribution in [0.1, 0.15) is 30.4 Å². The summed E-state index contributed by atoms with van der Waals surface area (Å²) in [6, 6.07) is 6.61. The van der Waals surface area contributed by atoms with Gasteiger partial charge in [-0.05, 0) is 55.8 Å². The zero-order valence-electron chi connectivity index (χ0n) is 14.0. The van der Waals surface area contributed by atoms with Crippen molar-refractivity contribution in [3.63, 3.8) is 0 Å². The number of aryl methyl sites for hydroxylation is 2. The maximum absolute atomic E-state index is 6.21. The summed E-state index contributed by atoms with van der Waals surface area (Å²) in [7, 11) is 0. The van der Waals surface area contributed by atoms with E-state index >= 15 is 0 Å². The van der Waals surface area contributed by atoms with Crippen LogP contribution in [-0.4, -0.2) is 23.1 Å². The summed E-state index contributed by atoms with van der Waals surface area (Å²) in [5.74, 6) is 1.00. The van der Waals surface area contributed by atoms with E-state index in [-0.39, 0.29) is 0 Å². The maximum atomic E-state index is 6.21. The van der Waals surface area contributed by atoms with Crippen LogP contribution in [0.2, 0.25) is 5.28 Å². The minimum absolute atomic E-state index is 0.345. The molecule has 4 rings (SSSR count). The van der Waals surface area contributed by atoms with E-state index in [0.29, 0.717) is 5.28 Å². The van der Waals surface area contributed by atoms with Crippen molar-refractivity contribution in [2.45, 2.75) is 33.1 Å². The predicted octanol–water partition coefficient (Wildman–Crippen LogP) is 5.62. The summed E-state index contributed by atoms with van der Waals surface area (Å²) in [5.41, 5.74) is 5.06. The van der Waals surface area contributed by atoms with Crippen LogP contribution in [0.15, 0.2) is 23.6 Å². The number of piperidine rings is 1. The fraction of sp³-hybridized carbons (Fsp3) is 0.368. The van der Waals surface area contributed by atoms with Gasteiger partial charge in [-0.1, -0.05) is 23.8 Å². The van der Waals surface area contributed by atoms with Crippen LogP contribution in [0.4, 0.5) is 5.82 Å². The predicted molar refractivity (Wildman–Crippen MR) is 103 cm³/mol. The summed E-state index contributed by atoms with van der Waals surface area (Å²) in [4.78, 5) is 12.4. The Morgan fingerprint density at radius 1 is 1.04 bits per heavy atom. The molecule has 1 saturated heterocycles. The number of benzene rings is 1. The molecule has 124 valence electrons. The SMILES string of the molecule is Cc1ccc(-c2csc3nc(Cl)nc(N4CCCCC4)c23)c(C)c1. The zero-order chi connectivity index (χ0) is 16.7. The van der Waals surface area contributed by atoms with Crippen LogP contribution < -0.4 is 4.90 Å². The van der Waals surface area contributed by atoms with Crippen molar-refractivity contribution in [3.05, 3.63) is 40.0 Å². The maximum Gasteiger partial charge on any atom is 0.225 e. The van der Waals surface area contributed by atoms with E-state index in [1.54, 1.807) is 11.3 Å². The average molecular weight is 358 g/mol. The Kier molecular flexibility index (Phi) is 4.19. The fourth-order valence-corrected chi connectivity index (χ4v) is 4.69. The quantitative estimate of drug-likeness (QED) is 0.557. The number of anilines is 1. The summed E-state index contributed by atoms with van der Waals surface area (Å²) in [5, 5.41) is 3.69. The molecule has 0 amide bonds. The van der Waals surface area contributed by atoms with Gasteiger partial charge in [0.2, 0.25) is 5.28 Å². The molecule has 3 heterocycles. The van der Waals surface area contributed by atoms with Gasteiger partial charge in [0.25, 0.3) is 0 Å². The molecule has 0 spiro atoms. The van der Waals surface area contributed by atoms with Crippen molar-refractivity contribution in [2.24, 2.45) is 0 Å². The van der Waals surface area contributed by atoms with E-state index in [2.05, 4.69) is 52.3 Å². The first-order valence-electron chi connectivity index (χ1n) is 8.41. The molecule has 0 atom stereocenters. The summed E-state index contributed by atoms with van der Waals surface area (Å²) in [6.45, 7) is 6.39. The third-order valence-corrected chi connectivity index (χ3v) is 5.76. The van der Waals surface area contributed by atoms with Gasteiger partial charge in [0.15, 0.2) is 0 Å². The molecule has 0 aliphatic carbocycles. The van der Waals surface area contributed by atoms with Gasteiger partial charge in [0, 0.05) is 24.0 Å². The molecule has 1 aliphatic rings. The highest BCUT2D eigenvalue weighted by Gasteiger charge is 2.21. The van der Waals surface area contributed by atoms with E-state index in [1.165, 1.54) is 41.5 Å². The van der Waals surface area contributed by atoms with Crippen LogP contribution in [0.3, 0.4) is 0 Å². The number of thiophene rings is 1. The van der Waals surface area contributed by atoms with Crippen LogP contribution in [0.25, 0.3) is 21.3 Å². The van der Waals surface area contributed by atoms with Gasteiger partial charge in [-0.15, -0.1) is 11.3 Å². The Labute approximate surface area is 151 Å². The molecule has 3 nitrogen and oxygen atoms in total. The number of hydrogen-bond acceptors (Lipinski definition) is 4.